The summed E-state index contributed by atoms with van der Waals surface area (Å²) in [6.45, 7) is 13.5. The van der Waals surface area contributed by atoms with E-state index in [1.54, 1.807) is 7.11 Å². The van der Waals surface area contributed by atoms with Crippen molar-refractivity contribution >= 4 is 40.8 Å². The number of esters is 1. The summed E-state index contributed by atoms with van der Waals surface area (Å²) in [5, 5.41) is 12.0. The third-order valence-electron chi connectivity index (χ3n) is 7.78. The van der Waals surface area contributed by atoms with E-state index in [9.17, 15) is 4.79 Å². The summed E-state index contributed by atoms with van der Waals surface area (Å²) >= 11 is 6.50. The molecule has 9 nitrogen and oxygen atoms in total. The van der Waals surface area contributed by atoms with Crippen molar-refractivity contribution in [3.8, 4) is 11.8 Å². The fourth-order valence-corrected chi connectivity index (χ4v) is 5.42. The molecule has 0 radical (unpaired) electrons. The number of unbranched alkanes of at least 4 members (excludes halogenated alkanes) is 1. The molecule has 0 spiro atoms. The van der Waals surface area contributed by atoms with Crippen molar-refractivity contribution in [1.29, 1.82) is 5.41 Å². The van der Waals surface area contributed by atoms with Crippen LogP contribution in [0.2, 0.25) is 5.15 Å². The Balaban J connectivity index is 2.14. The van der Waals surface area contributed by atoms with Crippen LogP contribution < -0.4 is 11.1 Å². The molecule has 2 heterocycles. The summed E-state index contributed by atoms with van der Waals surface area (Å²) in [5.41, 5.74) is 6.69. The molecular weight excluding hydrogens is 564 g/mol. The van der Waals surface area contributed by atoms with Crippen molar-refractivity contribution in [1.82, 2.24) is 19.9 Å². The molecule has 0 aromatic carbocycles. The third-order valence-corrected chi connectivity index (χ3v) is 8.05. The van der Waals surface area contributed by atoms with E-state index >= 15 is 0 Å². The lowest BCUT2D eigenvalue weighted by Crippen LogP contribution is -2.41. The number of nitrogens with one attached hydrogen (secondary N) is 2. The first-order chi connectivity index (χ1) is 20.5. The van der Waals surface area contributed by atoms with Gasteiger partial charge in [0, 0.05) is 38.4 Å². The second-order valence-electron chi connectivity index (χ2n) is 11.4. The minimum absolute atomic E-state index is 0.0249. The van der Waals surface area contributed by atoms with Crippen molar-refractivity contribution in [3.63, 3.8) is 0 Å². The first kappa shape index (κ1) is 36.3. The van der Waals surface area contributed by atoms with Crippen LogP contribution in [0.5, 0.6) is 0 Å². The molecule has 238 valence electrons. The molecule has 0 aliphatic heterocycles. The van der Waals surface area contributed by atoms with Crippen molar-refractivity contribution in [2.45, 2.75) is 111 Å². The standard InChI is InChI=1S/C33H51ClN6O3/c1-8-15-26(9-2)43-31(41)27(20-23(4)5)37-18-13-11-12-16-25-22-40(30-28(25)29(34)38-32(36)39-30)19-14-17-33(10-3,42-7)24(6)21-35/h14,17,21-24,26-27,35,37H,8-11,13,15,18-20H2,1-7H3,(H2,36,38,39)/b17-14+,35-21?/t24?,26?,27-,33?/m0/s1. The molecule has 0 amide bonds. The first-order valence-corrected chi connectivity index (χ1v) is 15.9. The molecule has 4 atom stereocenters. The Labute approximate surface area is 262 Å². The molecule has 3 unspecified atom stereocenters. The summed E-state index contributed by atoms with van der Waals surface area (Å²) in [6, 6.07) is -0.321. The van der Waals surface area contributed by atoms with Gasteiger partial charge >= 0.3 is 5.97 Å². The summed E-state index contributed by atoms with van der Waals surface area (Å²) in [6.07, 6.45) is 12.9. The number of carbonyl (C=O) groups excluding carboxylic acids is 1. The van der Waals surface area contributed by atoms with Crippen LogP contribution in [0.15, 0.2) is 18.3 Å². The second kappa shape index (κ2) is 18.0. The monoisotopic (exact) mass is 614 g/mol. The number of hydrogen-bond acceptors (Lipinski definition) is 8. The van der Waals surface area contributed by atoms with Gasteiger partial charge in [0.1, 0.15) is 22.9 Å². The van der Waals surface area contributed by atoms with E-state index in [1.807, 2.05) is 36.8 Å². The van der Waals surface area contributed by atoms with Gasteiger partial charge in [-0.15, -0.1) is 0 Å². The molecule has 2 rings (SSSR count). The van der Waals surface area contributed by atoms with Gasteiger partial charge < -0.3 is 30.5 Å². The lowest BCUT2D eigenvalue weighted by Gasteiger charge is -2.32. The predicted octanol–water partition coefficient (Wildman–Crippen LogP) is 6.56. The maximum Gasteiger partial charge on any atom is 0.323 e. The van der Waals surface area contributed by atoms with E-state index in [0.717, 1.165) is 44.1 Å². The maximum atomic E-state index is 12.9. The van der Waals surface area contributed by atoms with Gasteiger partial charge in [0.25, 0.3) is 0 Å². The molecule has 0 aliphatic rings. The summed E-state index contributed by atoms with van der Waals surface area (Å²) in [5.74, 6) is 6.71. The zero-order chi connectivity index (χ0) is 32.0. The lowest BCUT2D eigenvalue weighted by atomic mass is 9.86. The lowest BCUT2D eigenvalue weighted by molar-refractivity contribution is -0.152. The fraction of sp³-hybridized carbons (Fsp3) is 0.636. The number of fused-ring (bicyclic) bond motifs is 1. The average molecular weight is 615 g/mol. The fourth-order valence-electron chi connectivity index (χ4n) is 5.15. The van der Waals surface area contributed by atoms with Crippen molar-refractivity contribution < 1.29 is 14.3 Å². The number of aromatic nitrogens is 3. The number of rotatable bonds is 18. The van der Waals surface area contributed by atoms with Crippen LogP contribution in [0.25, 0.3) is 11.0 Å². The van der Waals surface area contributed by atoms with Gasteiger partial charge in [0.15, 0.2) is 0 Å². The maximum absolute atomic E-state index is 12.9. The number of nitrogens with zero attached hydrogens (tertiary/aromatic N) is 3. The summed E-state index contributed by atoms with van der Waals surface area (Å²) in [7, 11) is 1.67. The average Bonchev–Trinajstić information content (AvgIpc) is 3.32. The van der Waals surface area contributed by atoms with Gasteiger partial charge in [-0.1, -0.05) is 83.6 Å². The molecule has 10 heteroatoms. The molecule has 0 fully saturated rings. The van der Waals surface area contributed by atoms with Crippen LogP contribution >= 0.6 is 11.6 Å². The Bertz CT molecular complexity index is 1270. The van der Waals surface area contributed by atoms with Crippen molar-refractivity contribution in [2.24, 2.45) is 11.8 Å². The molecule has 2 aromatic heterocycles. The molecular formula is C33H51ClN6O3. The SMILES string of the molecule is CCCC(CC)OC(=O)[C@H](CC(C)C)NCCCC#Cc1cn(C/C=C/C(CC)(OC)C(C)C=N)c2nc(N)nc(Cl)c12. The van der Waals surface area contributed by atoms with E-state index < -0.39 is 5.60 Å². The number of halogens is 1. The van der Waals surface area contributed by atoms with Gasteiger partial charge in [0.05, 0.1) is 16.6 Å². The van der Waals surface area contributed by atoms with Crippen LogP contribution in [-0.4, -0.2) is 58.1 Å². The second-order valence-corrected chi connectivity index (χ2v) is 11.8. The minimum Gasteiger partial charge on any atom is -0.461 e. The van der Waals surface area contributed by atoms with Crippen LogP contribution in [-0.2, 0) is 20.8 Å². The van der Waals surface area contributed by atoms with Crippen molar-refractivity contribution in [3.05, 3.63) is 29.1 Å². The molecule has 43 heavy (non-hydrogen) atoms. The number of methoxy groups -OCH3 is 1. The number of nitrogens with two attached hydrogens (primary N) is 1. The topological polar surface area (TPSA) is 128 Å². The van der Waals surface area contributed by atoms with Crippen LogP contribution in [0.4, 0.5) is 5.95 Å². The Morgan fingerprint density at radius 2 is 2.02 bits per heavy atom. The number of carbonyl (C=O) groups is 1. The largest absolute Gasteiger partial charge is 0.461 e. The highest BCUT2D eigenvalue weighted by atomic mass is 35.5. The summed E-state index contributed by atoms with van der Waals surface area (Å²) < 4.78 is 13.5. The predicted molar refractivity (Wildman–Crippen MR) is 177 cm³/mol. The number of anilines is 1. The van der Waals surface area contributed by atoms with Crippen molar-refractivity contribution in [2.75, 3.05) is 19.4 Å². The molecule has 2 aromatic rings. The Kier molecular flexibility index (Phi) is 15.2. The molecule has 0 bridgehead atoms. The van der Waals surface area contributed by atoms with Gasteiger partial charge in [0.2, 0.25) is 5.95 Å². The van der Waals surface area contributed by atoms with Gasteiger partial charge in [-0.25, -0.2) is 4.98 Å². The summed E-state index contributed by atoms with van der Waals surface area (Å²) in [4.78, 5) is 21.4. The number of allylic oxidation sites excluding steroid dienone is 1. The highest BCUT2D eigenvalue weighted by molar-refractivity contribution is 6.34. The number of ether oxygens (including phenoxy) is 2. The number of nitrogen functional groups attached to an aromatic ring is 1. The first-order valence-electron chi connectivity index (χ1n) is 15.5. The van der Waals surface area contributed by atoms with E-state index in [-0.39, 0.29) is 35.1 Å². The quantitative estimate of drug-likeness (QED) is 0.0433. The normalized spacial score (nSPS) is 15.2. The van der Waals surface area contributed by atoms with E-state index in [0.29, 0.717) is 36.5 Å². The van der Waals surface area contributed by atoms with E-state index in [4.69, 9.17) is 32.2 Å². The Hall–Kier alpha value is -2.93. The van der Waals surface area contributed by atoms with Gasteiger partial charge in [-0.3, -0.25) is 4.79 Å². The van der Waals surface area contributed by atoms with Gasteiger partial charge in [-0.05, 0) is 44.6 Å². The Morgan fingerprint density at radius 1 is 1.28 bits per heavy atom. The van der Waals surface area contributed by atoms with E-state index in [1.165, 1.54) is 6.21 Å². The van der Waals surface area contributed by atoms with Crippen LogP contribution in [0, 0.1) is 29.1 Å². The van der Waals surface area contributed by atoms with Crippen LogP contribution in [0.3, 0.4) is 0 Å². The molecule has 0 saturated heterocycles. The van der Waals surface area contributed by atoms with Gasteiger partial charge in [-0.2, -0.15) is 4.98 Å². The Morgan fingerprint density at radius 3 is 2.63 bits per heavy atom. The smallest absolute Gasteiger partial charge is 0.323 e. The number of hydrogen-bond donors (Lipinski definition) is 3. The molecule has 0 saturated carbocycles. The highest BCUT2D eigenvalue weighted by Gasteiger charge is 2.30. The van der Waals surface area contributed by atoms with E-state index in [2.05, 4.69) is 54.8 Å². The zero-order valence-corrected chi connectivity index (χ0v) is 27.8. The molecule has 4 N–H and O–H groups in total. The third kappa shape index (κ3) is 10.3. The minimum atomic E-state index is -0.564. The highest BCUT2D eigenvalue weighted by Crippen LogP contribution is 2.28. The van der Waals surface area contributed by atoms with Crippen LogP contribution in [0.1, 0.15) is 92.1 Å². The molecule has 0 aliphatic carbocycles. The zero-order valence-electron chi connectivity index (χ0n) is 27.0.